The smallest absolute Gasteiger partial charge is 0.254 e. The topological polar surface area (TPSA) is 99.7 Å². The Kier molecular flexibility index (Phi) is 2.42. The van der Waals surface area contributed by atoms with Crippen LogP contribution in [0.4, 0.5) is 5.82 Å². The lowest BCUT2D eigenvalue weighted by Gasteiger charge is -2.03. The Morgan fingerprint density at radius 3 is 3.27 bits per heavy atom. The summed E-state index contributed by atoms with van der Waals surface area (Å²) in [7, 11) is 0. The maximum Gasteiger partial charge on any atom is 0.254 e. The molecule has 0 amide bonds. The van der Waals surface area contributed by atoms with E-state index in [0.717, 1.165) is 12.0 Å². The molecule has 2 heterocycles. The van der Waals surface area contributed by atoms with E-state index in [1.165, 1.54) is 10.8 Å². The average Bonchev–Trinajstić information content (AvgIpc) is 2.65. The first-order chi connectivity index (χ1) is 7.31. The highest BCUT2D eigenvalue weighted by Gasteiger charge is 2.03. The number of hydrogen-bond acceptors (Lipinski definition) is 6. The van der Waals surface area contributed by atoms with Crippen LogP contribution >= 0.6 is 0 Å². The summed E-state index contributed by atoms with van der Waals surface area (Å²) in [6.45, 7) is 1.84. The molecule has 0 bridgehead atoms. The van der Waals surface area contributed by atoms with Gasteiger partial charge < -0.3 is 0 Å². The zero-order valence-corrected chi connectivity index (χ0v) is 7.92. The zero-order valence-electron chi connectivity index (χ0n) is 7.92. The fourth-order valence-corrected chi connectivity index (χ4v) is 1.14. The third-order valence-electron chi connectivity index (χ3n) is 1.68. The lowest BCUT2D eigenvalue weighted by Crippen LogP contribution is -2.07. The van der Waals surface area contributed by atoms with Crippen molar-refractivity contribution in [2.75, 3.05) is 5.43 Å². The number of hydrazone groups is 1. The second-order valence-corrected chi connectivity index (χ2v) is 2.75. The van der Waals surface area contributed by atoms with E-state index in [1.807, 2.05) is 6.92 Å². The van der Waals surface area contributed by atoms with E-state index in [2.05, 4.69) is 25.6 Å². The standard InChI is InChI=1S/C7H9N7O/c1-5-2-6(13-9-4-11-15)14-7(12-5)8-3-10-14/h2-4,13,15H,1H3,(H,9,11). The molecule has 0 aliphatic carbocycles. The van der Waals surface area contributed by atoms with Crippen LogP contribution in [-0.2, 0) is 0 Å². The molecule has 2 rings (SSSR count). The molecule has 15 heavy (non-hydrogen) atoms. The minimum absolute atomic E-state index is 0.490. The number of nitrogens with zero attached hydrogens (tertiary/aromatic N) is 5. The van der Waals surface area contributed by atoms with Gasteiger partial charge >= 0.3 is 0 Å². The van der Waals surface area contributed by atoms with Crippen LogP contribution < -0.4 is 10.9 Å². The van der Waals surface area contributed by atoms with Crippen molar-refractivity contribution in [2.45, 2.75) is 6.92 Å². The fraction of sp³-hybridized carbons (Fsp3) is 0.143. The molecule has 0 unspecified atom stereocenters. The van der Waals surface area contributed by atoms with Gasteiger partial charge in [-0.05, 0) is 6.92 Å². The van der Waals surface area contributed by atoms with Crippen LogP contribution in [0.15, 0.2) is 17.5 Å². The number of hydroxylamine groups is 1. The number of aromatic nitrogens is 4. The predicted octanol–water partition coefficient (Wildman–Crippen LogP) is -0.233. The Balaban J connectivity index is 2.39. The van der Waals surface area contributed by atoms with Crippen molar-refractivity contribution in [3.8, 4) is 0 Å². The molecule has 0 radical (unpaired) electrons. The van der Waals surface area contributed by atoms with Crippen molar-refractivity contribution in [1.82, 2.24) is 25.1 Å². The lowest BCUT2D eigenvalue weighted by molar-refractivity contribution is 0.239. The Morgan fingerprint density at radius 1 is 1.60 bits per heavy atom. The largest absolute Gasteiger partial charge is 0.290 e. The summed E-state index contributed by atoms with van der Waals surface area (Å²) < 4.78 is 1.50. The maximum atomic E-state index is 8.29. The van der Waals surface area contributed by atoms with Crippen LogP contribution in [-0.4, -0.2) is 31.1 Å². The highest BCUT2D eigenvalue weighted by Crippen LogP contribution is 2.09. The van der Waals surface area contributed by atoms with Gasteiger partial charge in [0, 0.05) is 11.8 Å². The summed E-state index contributed by atoms with van der Waals surface area (Å²) in [5.41, 5.74) is 5.26. The Labute approximate surface area is 84.6 Å². The van der Waals surface area contributed by atoms with Crippen LogP contribution in [0.3, 0.4) is 0 Å². The normalized spacial score (nSPS) is 11.1. The molecule has 0 saturated heterocycles. The third-order valence-corrected chi connectivity index (χ3v) is 1.68. The number of rotatable bonds is 3. The highest BCUT2D eigenvalue weighted by atomic mass is 16.5. The molecule has 8 heteroatoms. The van der Waals surface area contributed by atoms with Crippen molar-refractivity contribution in [2.24, 2.45) is 5.10 Å². The summed E-state index contributed by atoms with van der Waals surface area (Å²) in [4.78, 5) is 8.11. The minimum Gasteiger partial charge on any atom is -0.290 e. The van der Waals surface area contributed by atoms with E-state index in [1.54, 1.807) is 11.5 Å². The van der Waals surface area contributed by atoms with Gasteiger partial charge in [-0.2, -0.15) is 19.7 Å². The van der Waals surface area contributed by atoms with Crippen LogP contribution in [0, 0.1) is 6.92 Å². The van der Waals surface area contributed by atoms with Crippen molar-refractivity contribution in [3.05, 3.63) is 18.1 Å². The Hall–Kier alpha value is -2.22. The van der Waals surface area contributed by atoms with Gasteiger partial charge in [-0.3, -0.25) is 16.1 Å². The average molecular weight is 207 g/mol. The quantitative estimate of drug-likeness (QED) is 0.365. The van der Waals surface area contributed by atoms with Crippen molar-refractivity contribution in [1.29, 1.82) is 0 Å². The van der Waals surface area contributed by atoms with Crippen molar-refractivity contribution < 1.29 is 5.21 Å². The van der Waals surface area contributed by atoms with Gasteiger partial charge in [-0.25, -0.2) is 4.98 Å². The lowest BCUT2D eigenvalue weighted by atomic mass is 10.4. The number of aryl methyl sites for hydroxylation is 1. The Morgan fingerprint density at radius 2 is 2.47 bits per heavy atom. The molecule has 78 valence electrons. The molecular weight excluding hydrogens is 198 g/mol. The summed E-state index contributed by atoms with van der Waals surface area (Å²) >= 11 is 0. The van der Waals surface area contributed by atoms with Crippen LogP contribution in [0.2, 0.25) is 0 Å². The molecule has 0 fully saturated rings. The van der Waals surface area contributed by atoms with Gasteiger partial charge in [0.25, 0.3) is 5.78 Å². The summed E-state index contributed by atoms with van der Waals surface area (Å²) in [5, 5.41) is 15.9. The molecule has 0 aliphatic rings. The van der Waals surface area contributed by atoms with E-state index in [-0.39, 0.29) is 0 Å². The predicted molar refractivity (Wildman–Crippen MR) is 52.6 cm³/mol. The number of hydrogen-bond donors (Lipinski definition) is 3. The number of fused-ring (bicyclic) bond motifs is 1. The van der Waals surface area contributed by atoms with Crippen molar-refractivity contribution in [3.63, 3.8) is 0 Å². The van der Waals surface area contributed by atoms with Gasteiger partial charge in [0.15, 0.2) is 5.82 Å². The number of anilines is 1. The van der Waals surface area contributed by atoms with E-state index < -0.39 is 0 Å². The summed E-state index contributed by atoms with van der Waals surface area (Å²) in [6, 6.07) is 1.76. The Bertz CT molecular complexity index is 491. The van der Waals surface area contributed by atoms with Gasteiger partial charge in [-0.1, -0.05) is 0 Å². The number of nitrogens with one attached hydrogen (secondary N) is 2. The van der Waals surface area contributed by atoms with E-state index in [4.69, 9.17) is 5.21 Å². The first kappa shape index (κ1) is 9.34. The maximum absolute atomic E-state index is 8.29. The molecule has 2 aromatic rings. The van der Waals surface area contributed by atoms with Gasteiger partial charge in [-0.15, -0.1) is 0 Å². The van der Waals surface area contributed by atoms with E-state index in [0.29, 0.717) is 11.6 Å². The first-order valence-electron chi connectivity index (χ1n) is 4.16. The fourth-order valence-electron chi connectivity index (χ4n) is 1.14. The molecule has 8 nitrogen and oxygen atoms in total. The van der Waals surface area contributed by atoms with Crippen LogP contribution in [0.1, 0.15) is 5.69 Å². The molecule has 0 atom stereocenters. The molecule has 0 saturated carbocycles. The molecular formula is C7H9N7O. The zero-order chi connectivity index (χ0) is 10.7. The van der Waals surface area contributed by atoms with E-state index >= 15 is 0 Å². The second-order valence-electron chi connectivity index (χ2n) is 2.75. The molecule has 0 spiro atoms. The van der Waals surface area contributed by atoms with E-state index in [9.17, 15) is 0 Å². The summed E-state index contributed by atoms with van der Waals surface area (Å²) in [6.07, 6.45) is 2.50. The van der Waals surface area contributed by atoms with Crippen LogP contribution in [0.5, 0.6) is 0 Å². The monoisotopic (exact) mass is 207 g/mol. The van der Waals surface area contributed by atoms with Crippen LogP contribution in [0.25, 0.3) is 5.78 Å². The molecule has 2 aromatic heterocycles. The SMILES string of the molecule is Cc1cc(N/N=C/NO)n2ncnc2n1. The molecule has 0 aliphatic heterocycles. The van der Waals surface area contributed by atoms with Gasteiger partial charge in [0.1, 0.15) is 12.7 Å². The third kappa shape index (κ3) is 1.83. The minimum atomic E-state index is 0.490. The highest BCUT2D eigenvalue weighted by molar-refractivity contribution is 5.55. The first-order valence-corrected chi connectivity index (χ1v) is 4.16. The van der Waals surface area contributed by atoms with Gasteiger partial charge in [0.05, 0.1) is 0 Å². The molecule has 3 N–H and O–H groups in total. The van der Waals surface area contributed by atoms with Crippen molar-refractivity contribution >= 4 is 17.9 Å². The summed E-state index contributed by atoms with van der Waals surface area (Å²) in [5.74, 6) is 1.10. The second kappa shape index (κ2) is 3.88. The van der Waals surface area contributed by atoms with Gasteiger partial charge in [0.2, 0.25) is 0 Å². The molecule has 0 aromatic carbocycles.